The zero-order valence-electron chi connectivity index (χ0n) is 8.43. The molecule has 1 aromatic carbocycles. The van der Waals surface area contributed by atoms with E-state index < -0.39 is 0 Å². The van der Waals surface area contributed by atoms with Gasteiger partial charge in [0.1, 0.15) is 5.82 Å². The van der Waals surface area contributed by atoms with Gasteiger partial charge in [-0.2, -0.15) is 0 Å². The summed E-state index contributed by atoms with van der Waals surface area (Å²) in [6.45, 7) is 4.16. The molecule has 0 fully saturated rings. The summed E-state index contributed by atoms with van der Waals surface area (Å²) in [4.78, 5) is 0. The van der Waals surface area contributed by atoms with Crippen LogP contribution < -0.4 is 5.73 Å². The maximum Gasteiger partial charge on any atom is 0.129 e. The minimum absolute atomic E-state index is 0.205. The van der Waals surface area contributed by atoms with Crippen LogP contribution in [0.1, 0.15) is 31.9 Å². The van der Waals surface area contributed by atoms with Crippen molar-refractivity contribution in [2.75, 3.05) is 0 Å². The highest BCUT2D eigenvalue weighted by molar-refractivity contribution is 9.10. The maximum absolute atomic E-state index is 13.4. The summed E-state index contributed by atoms with van der Waals surface area (Å²) in [6, 6.07) is 4.81. The Morgan fingerprint density at radius 3 is 2.57 bits per heavy atom. The molecule has 0 aliphatic rings. The average molecular weight is 260 g/mol. The maximum atomic E-state index is 13.4. The van der Waals surface area contributed by atoms with Gasteiger partial charge < -0.3 is 5.73 Å². The highest BCUT2D eigenvalue weighted by Gasteiger charge is 2.12. The van der Waals surface area contributed by atoms with Gasteiger partial charge in [0, 0.05) is 16.1 Å². The normalized spacial score (nSPS) is 13.3. The highest BCUT2D eigenvalue weighted by atomic mass is 79.9. The van der Waals surface area contributed by atoms with Crippen LogP contribution in [0, 0.1) is 11.7 Å². The molecule has 1 rings (SSSR count). The molecule has 3 heteroatoms. The molecule has 0 amide bonds. The SMILES string of the molecule is CC(C)C[C@H](N)c1ccc(Br)cc1F. The van der Waals surface area contributed by atoms with E-state index in [1.807, 2.05) is 6.07 Å². The van der Waals surface area contributed by atoms with Gasteiger partial charge in [-0.1, -0.05) is 35.8 Å². The van der Waals surface area contributed by atoms with Gasteiger partial charge in [0.25, 0.3) is 0 Å². The molecule has 0 aliphatic carbocycles. The fraction of sp³-hybridized carbons (Fsp3) is 0.455. The average Bonchev–Trinajstić information content (AvgIpc) is 2.01. The van der Waals surface area contributed by atoms with Crippen LogP contribution in [0.25, 0.3) is 0 Å². The van der Waals surface area contributed by atoms with Crippen LogP contribution in [-0.2, 0) is 0 Å². The zero-order valence-corrected chi connectivity index (χ0v) is 10.0. The van der Waals surface area contributed by atoms with Crippen LogP contribution in [0.3, 0.4) is 0 Å². The lowest BCUT2D eigenvalue weighted by atomic mass is 9.97. The molecule has 0 spiro atoms. The summed E-state index contributed by atoms with van der Waals surface area (Å²) in [5, 5.41) is 0. The molecule has 0 saturated carbocycles. The number of halogens is 2. The molecule has 0 heterocycles. The predicted octanol–water partition coefficient (Wildman–Crippen LogP) is 3.63. The molecule has 1 aromatic rings. The Balaban J connectivity index is 2.84. The summed E-state index contributed by atoms with van der Waals surface area (Å²) in [5.41, 5.74) is 6.49. The van der Waals surface area contributed by atoms with E-state index in [9.17, 15) is 4.39 Å². The summed E-state index contributed by atoms with van der Waals surface area (Å²) in [7, 11) is 0. The molecule has 0 saturated heterocycles. The molecule has 0 aliphatic heterocycles. The van der Waals surface area contributed by atoms with Crippen LogP contribution in [-0.4, -0.2) is 0 Å². The lowest BCUT2D eigenvalue weighted by Crippen LogP contribution is -2.14. The Morgan fingerprint density at radius 2 is 2.07 bits per heavy atom. The van der Waals surface area contributed by atoms with Crippen molar-refractivity contribution in [1.82, 2.24) is 0 Å². The van der Waals surface area contributed by atoms with Crippen molar-refractivity contribution in [2.45, 2.75) is 26.3 Å². The van der Waals surface area contributed by atoms with Gasteiger partial charge in [-0.05, 0) is 24.5 Å². The quantitative estimate of drug-likeness (QED) is 0.882. The summed E-state index contributed by atoms with van der Waals surface area (Å²) in [6.07, 6.45) is 0.804. The summed E-state index contributed by atoms with van der Waals surface area (Å²) >= 11 is 3.22. The van der Waals surface area contributed by atoms with Gasteiger partial charge in [-0.15, -0.1) is 0 Å². The first-order valence-electron chi connectivity index (χ1n) is 4.71. The number of hydrogen-bond acceptors (Lipinski definition) is 1. The summed E-state index contributed by atoms with van der Waals surface area (Å²) in [5.74, 6) is 0.251. The summed E-state index contributed by atoms with van der Waals surface area (Å²) < 4.78 is 14.2. The van der Waals surface area contributed by atoms with Crippen LogP contribution in [0.2, 0.25) is 0 Å². The second-order valence-corrected chi connectivity index (χ2v) is 4.82. The van der Waals surface area contributed by atoms with E-state index in [1.165, 1.54) is 6.07 Å². The van der Waals surface area contributed by atoms with E-state index in [-0.39, 0.29) is 11.9 Å². The van der Waals surface area contributed by atoms with Crippen molar-refractivity contribution < 1.29 is 4.39 Å². The standard InChI is InChI=1S/C11H15BrFN/c1-7(2)5-11(14)9-4-3-8(12)6-10(9)13/h3-4,6-7,11H,5,14H2,1-2H3/t11-/m0/s1. The van der Waals surface area contributed by atoms with Gasteiger partial charge >= 0.3 is 0 Å². The molecule has 1 atom stereocenters. The third-order valence-corrected chi connectivity index (χ3v) is 2.58. The van der Waals surface area contributed by atoms with Crippen LogP contribution in [0.15, 0.2) is 22.7 Å². The van der Waals surface area contributed by atoms with Gasteiger partial charge in [0.15, 0.2) is 0 Å². The monoisotopic (exact) mass is 259 g/mol. The van der Waals surface area contributed by atoms with Crippen molar-refractivity contribution in [2.24, 2.45) is 11.7 Å². The zero-order chi connectivity index (χ0) is 10.7. The van der Waals surface area contributed by atoms with Gasteiger partial charge in [0.2, 0.25) is 0 Å². The van der Waals surface area contributed by atoms with Crippen molar-refractivity contribution in [3.8, 4) is 0 Å². The number of nitrogens with two attached hydrogens (primary N) is 1. The van der Waals surface area contributed by atoms with Crippen LogP contribution in [0.5, 0.6) is 0 Å². The molecule has 0 radical (unpaired) electrons. The molecular weight excluding hydrogens is 245 g/mol. The van der Waals surface area contributed by atoms with E-state index in [0.29, 0.717) is 11.5 Å². The molecule has 0 bridgehead atoms. The molecule has 2 N–H and O–H groups in total. The third kappa shape index (κ3) is 3.07. The first-order valence-corrected chi connectivity index (χ1v) is 5.50. The first kappa shape index (κ1) is 11.7. The fourth-order valence-corrected chi connectivity index (χ4v) is 1.77. The topological polar surface area (TPSA) is 26.0 Å². The van der Waals surface area contributed by atoms with Gasteiger partial charge in [0.05, 0.1) is 0 Å². The second kappa shape index (κ2) is 4.89. The van der Waals surface area contributed by atoms with Crippen molar-refractivity contribution in [1.29, 1.82) is 0 Å². The van der Waals surface area contributed by atoms with Crippen LogP contribution >= 0.6 is 15.9 Å². The van der Waals surface area contributed by atoms with Gasteiger partial charge in [-0.25, -0.2) is 4.39 Å². The minimum atomic E-state index is -0.229. The van der Waals surface area contributed by atoms with Crippen molar-refractivity contribution in [3.63, 3.8) is 0 Å². The molecule has 1 nitrogen and oxygen atoms in total. The molecular formula is C11H15BrFN. The Labute approximate surface area is 92.6 Å². The Hall–Kier alpha value is -0.410. The van der Waals surface area contributed by atoms with E-state index in [1.54, 1.807) is 6.07 Å². The lowest BCUT2D eigenvalue weighted by Gasteiger charge is -2.15. The molecule has 78 valence electrons. The largest absolute Gasteiger partial charge is 0.324 e. The first-order chi connectivity index (χ1) is 6.50. The predicted molar refractivity (Wildman–Crippen MR) is 60.5 cm³/mol. The highest BCUT2D eigenvalue weighted by Crippen LogP contribution is 2.23. The number of benzene rings is 1. The molecule has 0 unspecified atom stereocenters. The van der Waals surface area contributed by atoms with Crippen molar-refractivity contribution >= 4 is 15.9 Å². The lowest BCUT2D eigenvalue weighted by molar-refractivity contribution is 0.489. The van der Waals surface area contributed by atoms with Crippen LogP contribution in [0.4, 0.5) is 4.39 Å². The van der Waals surface area contributed by atoms with E-state index >= 15 is 0 Å². The molecule has 0 aromatic heterocycles. The number of hydrogen-bond donors (Lipinski definition) is 1. The Morgan fingerprint density at radius 1 is 1.43 bits per heavy atom. The fourth-order valence-electron chi connectivity index (χ4n) is 1.44. The molecule has 14 heavy (non-hydrogen) atoms. The Bertz CT molecular complexity index is 312. The third-order valence-electron chi connectivity index (χ3n) is 2.09. The number of rotatable bonds is 3. The van der Waals surface area contributed by atoms with Crippen molar-refractivity contribution in [3.05, 3.63) is 34.1 Å². The smallest absolute Gasteiger partial charge is 0.129 e. The van der Waals surface area contributed by atoms with E-state index in [4.69, 9.17) is 5.73 Å². The van der Waals surface area contributed by atoms with E-state index in [0.717, 1.165) is 10.9 Å². The minimum Gasteiger partial charge on any atom is -0.324 e. The second-order valence-electron chi connectivity index (χ2n) is 3.90. The van der Waals surface area contributed by atoms with Gasteiger partial charge in [-0.3, -0.25) is 0 Å². The Kier molecular flexibility index (Phi) is 4.08. The van der Waals surface area contributed by atoms with E-state index in [2.05, 4.69) is 29.8 Å².